The maximum absolute atomic E-state index is 9.94. The van der Waals surface area contributed by atoms with E-state index < -0.39 is 5.41 Å². The Kier molecular flexibility index (Phi) is 6.59. The van der Waals surface area contributed by atoms with Crippen molar-refractivity contribution < 1.29 is 14.0 Å². The molecule has 200 valence electrons. The van der Waals surface area contributed by atoms with Gasteiger partial charge >= 0.3 is 0 Å². The lowest BCUT2D eigenvalue weighted by molar-refractivity contribution is 0.0174. The van der Waals surface area contributed by atoms with Crippen molar-refractivity contribution in [1.29, 1.82) is 5.26 Å². The minimum Gasteiger partial charge on any atom is -0.473 e. The molecule has 2 N–H and O–H groups in total. The van der Waals surface area contributed by atoms with Gasteiger partial charge in [0.15, 0.2) is 17.3 Å². The molecule has 3 aromatic rings. The van der Waals surface area contributed by atoms with Crippen LogP contribution in [0, 0.1) is 11.3 Å². The average molecular weight is 555 g/mol. The van der Waals surface area contributed by atoms with Crippen LogP contribution in [0.25, 0.3) is 11.5 Å². The molecule has 6 rings (SSSR count). The highest BCUT2D eigenvalue weighted by Crippen LogP contribution is 2.55. The predicted octanol–water partition coefficient (Wildman–Crippen LogP) is 4.75. The second kappa shape index (κ2) is 9.79. The van der Waals surface area contributed by atoms with E-state index in [1.807, 2.05) is 6.92 Å². The number of fused-ring (bicyclic) bond motifs is 4. The molecule has 38 heavy (non-hydrogen) atoms. The van der Waals surface area contributed by atoms with E-state index in [9.17, 15) is 5.26 Å². The summed E-state index contributed by atoms with van der Waals surface area (Å²) in [5, 5.41) is 15.3. The van der Waals surface area contributed by atoms with Crippen molar-refractivity contribution >= 4 is 27.9 Å². The zero-order chi connectivity index (χ0) is 26.6. The number of likely N-dealkylation sites (tertiary alicyclic amines) is 1. The second-order valence-electron chi connectivity index (χ2n) is 10.6. The summed E-state index contributed by atoms with van der Waals surface area (Å²) in [7, 11) is 3.82. The molecule has 0 radical (unpaired) electrons. The number of anilines is 1. The highest BCUT2D eigenvalue weighted by Gasteiger charge is 2.49. The number of likely N-dealkylation sites (N-methyl/N-ethyl adjacent to an activating group) is 1. The molecule has 4 heterocycles. The molecule has 1 aliphatic heterocycles. The van der Waals surface area contributed by atoms with Crippen molar-refractivity contribution in [3.63, 3.8) is 0 Å². The van der Waals surface area contributed by atoms with Crippen molar-refractivity contribution in [3.8, 4) is 23.5 Å². The Balaban J connectivity index is 1.37. The number of halogens is 1. The van der Waals surface area contributed by atoms with Gasteiger partial charge in [0, 0.05) is 30.2 Å². The third-order valence-electron chi connectivity index (χ3n) is 8.49. The van der Waals surface area contributed by atoms with Gasteiger partial charge in [-0.3, -0.25) is 4.90 Å². The van der Waals surface area contributed by atoms with Crippen LogP contribution in [0.5, 0.6) is 5.88 Å². The van der Waals surface area contributed by atoms with Crippen LogP contribution < -0.4 is 10.5 Å². The normalized spacial score (nSPS) is 25.7. The smallest absolute Gasteiger partial charge is 0.218 e. The van der Waals surface area contributed by atoms with E-state index in [1.165, 1.54) is 16.2 Å². The van der Waals surface area contributed by atoms with Crippen molar-refractivity contribution in [3.05, 3.63) is 38.5 Å². The zero-order valence-electron chi connectivity index (χ0n) is 21.8. The standard InChI is InChI=1S/C27H31ClN6O3S/c1-14(23-17(35-3)8-11-34(23)2)36-20-12-19(28)31-26(32-20)22-15-6-4-9-27(24(15)37-33-22)10-5-7-18-21(27)16(13-29)25(30)38-18/h12,14,17,23H,4-11,30H2,1-3H3/t14-,17-,23+,27-/m0/s1. The number of rotatable bonds is 5. The van der Waals surface area contributed by atoms with Gasteiger partial charge in [0.2, 0.25) is 5.88 Å². The highest BCUT2D eigenvalue weighted by atomic mass is 35.5. The number of hydrogen-bond acceptors (Lipinski definition) is 10. The van der Waals surface area contributed by atoms with Gasteiger partial charge in [-0.1, -0.05) is 16.8 Å². The van der Waals surface area contributed by atoms with Crippen LogP contribution in [0.4, 0.5) is 5.00 Å². The molecule has 3 aliphatic rings. The van der Waals surface area contributed by atoms with Crippen LogP contribution in [-0.2, 0) is 23.0 Å². The Morgan fingerprint density at radius 3 is 2.87 bits per heavy atom. The van der Waals surface area contributed by atoms with Gasteiger partial charge in [0.05, 0.1) is 23.1 Å². The monoisotopic (exact) mass is 554 g/mol. The summed E-state index contributed by atoms with van der Waals surface area (Å²) in [6.07, 6.45) is 6.33. The van der Waals surface area contributed by atoms with Crippen LogP contribution in [0.15, 0.2) is 10.6 Å². The molecule has 11 heteroatoms. The van der Waals surface area contributed by atoms with Gasteiger partial charge in [-0.25, -0.2) is 4.98 Å². The molecule has 0 aromatic carbocycles. The number of nitrogens with zero attached hydrogens (tertiary/aromatic N) is 5. The first-order valence-corrected chi connectivity index (χ1v) is 14.3. The largest absolute Gasteiger partial charge is 0.473 e. The molecular formula is C27H31ClN6O3S. The van der Waals surface area contributed by atoms with Gasteiger partial charge in [-0.05, 0) is 64.5 Å². The summed E-state index contributed by atoms with van der Waals surface area (Å²) in [6.45, 7) is 2.97. The molecule has 0 bridgehead atoms. The van der Waals surface area contributed by atoms with E-state index in [1.54, 1.807) is 13.2 Å². The lowest BCUT2D eigenvalue weighted by atomic mass is 9.63. The summed E-state index contributed by atoms with van der Waals surface area (Å²) in [6, 6.07) is 4.10. The third kappa shape index (κ3) is 3.99. The van der Waals surface area contributed by atoms with Gasteiger partial charge in [-0.15, -0.1) is 11.3 Å². The number of ether oxygens (including phenoxy) is 2. The van der Waals surface area contributed by atoms with Crippen molar-refractivity contribution in [2.45, 2.75) is 75.5 Å². The van der Waals surface area contributed by atoms with E-state index in [-0.39, 0.29) is 23.4 Å². The van der Waals surface area contributed by atoms with Gasteiger partial charge in [0.25, 0.3) is 0 Å². The second-order valence-corrected chi connectivity index (χ2v) is 12.1. The molecule has 1 fully saturated rings. The molecule has 3 aromatic heterocycles. The predicted molar refractivity (Wildman–Crippen MR) is 145 cm³/mol. The topological polar surface area (TPSA) is 123 Å². The number of thiophene rings is 1. The summed E-state index contributed by atoms with van der Waals surface area (Å²) < 4.78 is 18.1. The zero-order valence-corrected chi connectivity index (χ0v) is 23.4. The van der Waals surface area contributed by atoms with Crippen LogP contribution in [0.2, 0.25) is 5.15 Å². The number of nitrogens with two attached hydrogens (primary N) is 1. The van der Waals surface area contributed by atoms with Gasteiger partial charge in [-0.2, -0.15) is 10.2 Å². The van der Waals surface area contributed by atoms with Gasteiger partial charge in [0.1, 0.15) is 22.3 Å². The number of nitriles is 1. The molecule has 4 atom stereocenters. The van der Waals surface area contributed by atoms with Crippen LogP contribution >= 0.6 is 22.9 Å². The number of methoxy groups -OCH3 is 1. The molecule has 0 saturated carbocycles. The number of hydrogen-bond donors (Lipinski definition) is 1. The molecular weight excluding hydrogens is 524 g/mol. The molecule has 0 amide bonds. The van der Waals surface area contributed by atoms with E-state index in [4.69, 9.17) is 36.3 Å². The summed E-state index contributed by atoms with van der Waals surface area (Å²) >= 11 is 7.99. The Morgan fingerprint density at radius 1 is 1.32 bits per heavy atom. The first kappa shape index (κ1) is 25.6. The maximum Gasteiger partial charge on any atom is 0.218 e. The number of aromatic nitrogens is 3. The summed E-state index contributed by atoms with van der Waals surface area (Å²) in [5.41, 5.74) is 9.06. The first-order chi connectivity index (χ1) is 18.4. The fraction of sp³-hybridized carbons (Fsp3) is 0.556. The first-order valence-electron chi connectivity index (χ1n) is 13.1. The fourth-order valence-corrected chi connectivity index (χ4v) is 8.23. The third-order valence-corrected chi connectivity index (χ3v) is 9.76. The minimum absolute atomic E-state index is 0.0929. The fourth-order valence-electron chi connectivity index (χ4n) is 6.89. The lowest BCUT2D eigenvalue weighted by Gasteiger charge is -2.39. The molecule has 1 spiro atoms. The maximum atomic E-state index is 9.94. The minimum atomic E-state index is -0.403. The average Bonchev–Trinajstić information content (AvgIpc) is 3.58. The molecule has 9 nitrogen and oxygen atoms in total. The van der Waals surface area contributed by atoms with Crippen LogP contribution in [-0.4, -0.2) is 59.0 Å². The Hall–Kier alpha value is -2.71. The molecule has 1 saturated heterocycles. The van der Waals surface area contributed by atoms with Crippen molar-refractivity contribution in [1.82, 2.24) is 20.0 Å². The van der Waals surface area contributed by atoms with Crippen molar-refractivity contribution in [2.75, 3.05) is 26.4 Å². The van der Waals surface area contributed by atoms with Crippen LogP contribution in [0.3, 0.4) is 0 Å². The highest BCUT2D eigenvalue weighted by molar-refractivity contribution is 7.16. The lowest BCUT2D eigenvalue weighted by Crippen LogP contribution is -2.44. The van der Waals surface area contributed by atoms with E-state index in [0.717, 1.165) is 68.4 Å². The van der Waals surface area contributed by atoms with E-state index in [0.29, 0.717) is 28.0 Å². The quantitative estimate of drug-likeness (QED) is 0.445. The Morgan fingerprint density at radius 2 is 2.11 bits per heavy atom. The summed E-state index contributed by atoms with van der Waals surface area (Å²) in [5.74, 6) is 1.58. The number of aryl methyl sites for hydroxylation is 1. The van der Waals surface area contributed by atoms with Crippen molar-refractivity contribution in [2.24, 2.45) is 0 Å². The van der Waals surface area contributed by atoms with E-state index >= 15 is 0 Å². The van der Waals surface area contributed by atoms with E-state index in [2.05, 4.69) is 28.2 Å². The SMILES string of the molecule is CO[C@H]1CCN(C)[C@@H]1[C@H](C)Oc1cc(Cl)nc(-c2noc3c2CCC[C@@]32CCCc3sc(N)c(C#N)c32)n1. The van der Waals surface area contributed by atoms with Gasteiger partial charge < -0.3 is 19.7 Å². The molecule has 0 unspecified atom stereocenters. The van der Waals surface area contributed by atoms with Crippen LogP contribution in [0.1, 0.15) is 66.4 Å². The summed E-state index contributed by atoms with van der Waals surface area (Å²) in [4.78, 5) is 12.7. The Labute approximate surface area is 230 Å². The number of nitrogen functional groups attached to an aromatic ring is 1. The molecule has 2 aliphatic carbocycles. The Bertz CT molecular complexity index is 1410.